The fraction of sp³-hybridized carbons (Fsp3) is 0.500. The maximum Gasteiger partial charge on any atom is 0.266 e. The lowest BCUT2D eigenvalue weighted by atomic mass is 10.0. The molecule has 1 aromatic carbocycles. The van der Waals surface area contributed by atoms with Crippen molar-refractivity contribution >= 4 is 57.1 Å². The van der Waals surface area contributed by atoms with Gasteiger partial charge in [0.2, 0.25) is 5.91 Å². The Morgan fingerprint density at radius 2 is 2.12 bits per heavy atom. The van der Waals surface area contributed by atoms with Crippen molar-refractivity contribution in [3.05, 3.63) is 40.4 Å². The molecular weight excluding hydrogens is 466 g/mol. The van der Waals surface area contributed by atoms with Crippen molar-refractivity contribution in [2.75, 3.05) is 26.8 Å². The Hall–Kier alpha value is -2.16. The number of carbonyl (C=O) groups is 2. The molecule has 2 aromatic rings. The van der Waals surface area contributed by atoms with Gasteiger partial charge >= 0.3 is 0 Å². The molecule has 0 spiro atoms. The normalized spacial score (nSPS) is 18.1. The molecule has 2 aliphatic rings. The van der Waals surface area contributed by atoms with E-state index in [9.17, 15) is 9.59 Å². The van der Waals surface area contributed by atoms with Crippen LogP contribution in [0.25, 0.3) is 17.0 Å². The van der Waals surface area contributed by atoms with Crippen molar-refractivity contribution in [3.8, 4) is 0 Å². The molecule has 1 aromatic heterocycles. The van der Waals surface area contributed by atoms with Crippen molar-refractivity contribution in [2.45, 2.75) is 52.0 Å². The molecule has 34 heavy (non-hydrogen) atoms. The molecule has 0 atom stereocenters. The van der Waals surface area contributed by atoms with E-state index >= 15 is 0 Å². The number of nitrogens with one attached hydrogen (secondary N) is 1. The summed E-state index contributed by atoms with van der Waals surface area (Å²) in [6, 6.07) is 6.18. The van der Waals surface area contributed by atoms with Gasteiger partial charge in [0.25, 0.3) is 5.91 Å². The molecule has 1 N–H and O–H groups in total. The van der Waals surface area contributed by atoms with E-state index in [-0.39, 0.29) is 18.4 Å². The zero-order chi connectivity index (χ0) is 24.1. The van der Waals surface area contributed by atoms with Crippen LogP contribution in [0, 0.1) is 5.92 Å². The van der Waals surface area contributed by atoms with Gasteiger partial charge in [-0.1, -0.05) is 74.8 Å². The van der Waals surface area contributed by atoms with E-state index in [1.165, 1.54) is 43.0 Å². The summed E-state index contributed by atoms with van der Waals surface area (Å²) in [7, 11) is 1.61. The second-order valence-corrected chi connectivity index (χ2v) is 10.7. The molecule has 1 saturated heterocycles. The number of hydrogen-bond acceptors (Lipinski definition) is 5. The van der Waals surface area contributed by atoms with E-state index in [0.717, 1.165) is 29.3 Å². The van der Waals surface area contributed by atoms with Gasteiger partial charge in [0.15, 0.2) is 0 Å². The largest absolute Gasteiger partial charge is 0.383 e. The topological polar surface area (TPSA) is 63.6 Å². The number of fused-ring (bicyclic) bond motifs is 1. The van der Waals surface area contributed by atoms with Crippen LogP contribution in [0.1, 0.15) is 50.2 Å². The first-order valence-electron chi connectivity index (χ1n) is 12.1. The Labute approximate surface area is 211 Å². The quantitative estimate of drug-likeness (QED) is 0.290. The Kier molecular flexibility index (Phi) is 8.45. The lowest BCUT2D eigenvalue weighted by molar-refractivity contribution is -0.122. The summed E-state index contributed by atoms with van der Waals surface area (Å²) in [5.74, 6) is 0.650. The van der Waals surface area contributed by atoms with Gasteiger partial charge in [0.1, 0.15) is 10.9 Å². The second-order valence-electron chi connectivity index (χ2n) is 8.99. The molecule has 182 valence electrons. The number of nitrogens with zero attached hydrogens (tertiary/aromatic N) is 2. The van der Waals surface area contributed by atoms with Crippen molar-refractivity contribution in [2.24, 2.45) is 5.92 Å². The van der Waals surface area contributed by atoms with Gasteiger partial charge in [-0.25, -0.2) is 0 Å². The molecule has 1 saturated carbocycles. The van der Waals surface area contributed by atoms with E-state index in [1.54, 1.807) is 12.0 Å². The Morgan fingerprint density at radius 1 is 1.32 bits per heavy atom. The number of thioether (sulfide) groups is 1. The number of hydrogen-bond donors (Lipinski definition) is 1. The third kappa shape index (κ3) is 5.56. The maximum absolute atomic E-state index is 13.2. The molecule has 0 unspecified atom stereocenters. The lowest BCUT2D eigenvalue weighted by Crippen LogP contribution is -2.30. The first-order chi connectivity index (χ1) is 16.5. The fourth-order valence-corrected chi connectivity index (χ4v) is 6.24. The van der Waals surface area contributed by atoms with Crippen LogP contribution in [0.15, 0.2) is 29.3 Å². The van der Waals surface area contributed by atoms with Crippen molar-refractivity contribution in [3.63, 3.8) is 0 Å². The minimum absolute atomic E-state index is 0.00199. The number of para-hydroxylation sites is 1. The van der Waals surface area contributed by atoms with Crippen molar-refractivity contribution in [1.29, 1.82) is 0 Å². The Morgan fingerprint density at radius 3 is 2.85 bits per heavy atom. The summed E-state index contributed by atoms with van der Waals surface area (Å²) >= 11 is 6.94. The van der Waals surface area contributed by atoms with Crippen molar-refractivity contribution < 1.29 is 14.3 Å². The van der Waals surface area contributed by atoms with Crippen LogP contribution in [0.5, 0.6) is 0 Å². The van der Waals surface area contributed by atoms with Crippen LogP contribution in [-0.4, -0.2) is 52.4 Å². The second kappa shape index (κ2) is 11.5. The molecule has 0 bridgehead atoms. The first-order valence-corrected chi connectivity index (χ1v) is 13.4. The van der Waals surface area contributed by atoms with Gasteiger partial charge in [0, 0.05) is 37.3 Å². The zero-order valence-corrected chi connectivity index (χ0v) is 21.6. The number of carbonyl (C=O) groups excluding carboxylic acids is 2. The Balaban J connectivity index is 1.58. The number of amides is 2. The van der Waals surface area contributed by atoms with Gasteiger partial charge in [-0.05, 0) is 30.4 Å². The molecule has 2 heterocycles. The van der Waals surface area contributed by atoms with Gasteiger partial charge in [-0.2, -0.15) is 0 Å². The van der Waals surface area contributed by atoms with Crippen LogP contribution in [0.3, 0.4) is 0 Å². The third-order valence-corrected chi connectivity index (χ3v) is 8.11. The van der Waals surface area contributed by atoms with Crippen LogP contribution in [0.4, 0.5) is 0 Å². The fourth-order valence-electron chi connectivity index (χ4n) is 4.94. The highest BCUT2D eigenvalue weighted by molar-refractivity contribution is 8.26. The molecular formula is C26H33N3O3S2. The summed E-state index contributed by atoms with van der Waals surface area (Å²) in [5.41, 5.74) is 3.15. The predicted octanol–water partition coefficient (Wildman–Crippen LogP) is 4.75. The number of ether oxygens (including phenoxy) is 1. The van der Waals surface area contributed by atoms with E-state index in [0.29, 0.717) is 34.8 Å². The maximum atomic E-state index is 13.2. The van der Waals surface area contributed by atoms with Crippen LogP contribution < -0.4 is 5.32 Å². The average molecular weight is 500 g/mol. The number of aryl methyl sites for hydroxylation is 1. The SMILES string of the molecule is CCc1cccc2c(/C=C3\SC(=S)N(CCC4CCCC4)C3=O)cn(CC(=O)NCCOC)c12. The van der Waals surface area contributed by atoms with E-state index in [2.05, 4.69) is 24.4 Å². The van der Waals surface area contributed by atoms with Gasteiger partial charge < -0.3 is 14.6 Å². The molecule has 2 fully saturated rings. The van der Waals surface area contributed by atoms with E-state index in [1.807, 2.05) is 22.9 Å². The van der Waals surface area contributed by atoms with Crippen LogP contribution >= 0.6 is 24.0 Å². The third-order valence-electron chi connectivity index (χ3n) is 6.73. The monoisotopic (exact) mass is 499 g/mol. The number of aromatic nitrogens is 1. The van der Waals surface area contributed by atoms with E-state index in [4.69, 9.17) is 17.0 Å². The summed E-state index contributed by atoms with van der Waals surface area (Å²) in [6.45, 7) is 3.99. The highest BCUT2D eigenvalue weighted by Crippen LogP contribution is 2.36. The minimum atomic E-state index is -0.0651. The summed E-state index contributed by atoms with van der Waals surface area (Å²) in [6.07, 6.45) is 10.9. The molecule has 8 heteroatoms. The Bertz CT molecular complexity index is 1100. The number of benzene rings is 1. The standard InChI is InChI=1S/C26H33N3O3S2/c1-3-19-9-6-10-21-20(16-28(24(19)21)17-23(30)27-12-14-32-2)15-22-25(31)29(26(33)34-22)13-11-18-7-4-5-8-18/h6,9-10,15-16,18H,3-5,7-8,11-14,17H2,1-2H3,(H,27,30)/b22-15-. The number of rotatable bonds is 10. The number of methoxy groups -OCH3 is 1. The highest BCUT2D eigenvalue weighted by atomic mass is 32.2. The number of thiocarbonyl (C=S) groups is 1. The smallest absolute Gasteiger partial charge is 0.266 e. The van der Waals surface area contributed by atoms with Crippen LogP contribution in [-0.2, 0) is 27.3 Å². The van der Waals surface area contributed by atoms with Gasteiger partial charge in [-0.15, -0.1) is 0 Å². The lowest BCUT2D eigenvalue weighted by Gasteiger charge is -2.17. The minimum Gasteiger partial charge on any atom is -0.383 e. The average Bonchev–Trinajstić information content (AvgIpc) is 3.53. The summed E-state index contributed by atoms with van der Waals surface area (Å²) < 4.78 is 7.66. The first kappa shape index (κ1) is 24.9. The molecule has 1 aliphatic carbocycles. The van der Waals surface area contributed by atoms with Gasteiger partial charge in [-0.3, -0.25) is 14.5 Å². The summed E-state index contributed by atoms with van der Waals surface area (Å²) in [4.78, 5) is 28.1. The molecule has 0 radical (unpaired) electrons. The molecule has 2 amide bonds. The zero-order valence-electron chi connectivity index (χ0n) is 20.0. The molecule has 6 nitrogen and oxygen atoms in total. The van der Waals surface area contributed by atoms with Crippen molar-refractivity contribution in [1.82, 2.24) is 14.8 Å². The highest BCUT2D eigenvalue weighted by Gasteiger charge is 2.32. The van der Waals surface area contributed by atoms with Crippen LogP contribution in [0.2, 0.25) is 0 Å². The molecule has 1 aliphatic heterocycles. The van der Waals surface area contributed by atoms with E-state index < -0.39 is 0 Å². The molecule has 4 rings (SSSR count). The predicted molar refractivity (Wildman–Crippen MR) is 143 cm³/mol. The van der Waals surface area contributed by atoms with Gasteiger partial charge in [0.05, 0.1) is 17.0 Å². The summed E-state index contributed by atoms with van der Waals surface area (Å²) in [5, 5.41) is 3.93.